The number of benzene rings is 3. The summed E-state index contributed by atoms with van der Waals surface area (Å²) in [4.78, 5) is 26.5. The van der Waals surface area contributed by atoms with Crippen LogP contribution in [0.5, 0.6) is 0 Å². The fourth-order valence-electron chi connectivity index (χ4n) is 3.51. The van der Waals surface area contributed by atoms with E-state index in [1.54, 1.807) is 34.9 Å². The predicted octanol–water partition coefficient (Wildman–Crippen LogP) is 4.74. The number of rotatable bonds is 4. The van der Waals surface area contributed by atoms with Crippen molar-refractivity contribution in [1.29, 1.82) is 0 Å². The number of primary amides is 1. The molecule has 1 aliphatic rings. The van der Waals surface area contributed by atoms with Crippen LogP contribution in [0.2, 0.25) is 0 Å². The van der Waals surface area contributed by atoms with Crippen LogP contribution in [-0.2, 0) is 4.79 Å². The maximum Gasteiger partial charge on any atom is 0.248 e. The number of anilines is 1. The Morgan fingerprint density at radius 3 is 2.29 bits per heavy atom. The summed E-state index contributed by atoms with van der Waals surface area (Å²) in [7, 11) is 0. The van der Waals surface area contributed by atoms with E-state index in [0.717, 1.165) is 23.1 Å². The molecule has 1 heterocycles. The smallest absolute Gasteiger partial charge is 0.248 e. The second-order valence-electron chi connectivity index (χ2n) is 7.25. The topological polar surface area (TPSA) is 63.4 Å². The molecular weight excluding hydrogens is 404 g/mol. The molecular formula is C26H22N2O2S. The van der Waals surface area contributed by atoms with Gasteiger partial charge in [-0.25, -0.2) is 0 Å². The SMILES string of the molecule is CCC1SC(c2ccc(C#Cc3ccccc3)cc2)N(c2cccc(C(N)=O)c2)C1=O. The van der Waals surface area contributed by atoms with Gasteiger partial charge < -0.3 is 5.73 Å². The zero-order chi connectivity index (χ0) is 21.8. The van der Waals surface area contributed by atoms with E-state index in [0.29, 0.717) is 11.3 Å². The van der Waals surface area contributed by atoms with E-state index in [4.69, 9.17) is 5.73 Å². The van der Waals surface area contributed by atoms with Crippen LogP contribution in [0, 0.1) is 11.8 Å². The number of nitrogens with two attached hydrogens (primary N) is 1. The second-order valence-corrected chi connectivity index (χ2v) is 8.53. The number of nitrogens with zero attached hydrogens (tertiary/aromatic N) is 1. The number of thioether (sulfide) groups is 1. The molecule has 0 aliphatic carbocycles. The van der Waals surface area contributed by atoms with Gasteiger partial charge in [0.25, 0.3) is 0 Å². The zero-order valence-electron chi connectivity index (χ0n) is 17.1. The average molecular weight is 427 g/mol. The lowest BCUT2D eigenvalue weighted by molar-refractivity contribution is -0.117. The maximum atomic E-state index is 13.1. The first-order valence-electron chi connectivity index (χ1n) is 10.1. The molecule has 0 aromatic heterocycles. The molecule has 2 atom stereocenters. The van der Waals surface area contributed by atoms with Crippen LogP contribution in [0.15, 0.2) is 78.9 Å². The first kappa shape index (κ1) is 20.8. The average Bonchev–Trinajstić information content (AvgIpc) is 3.15. The summed E-state index contributed by atoms with van der Waals surface area (Å²) in [6.07, 6.45) is 0.743. The summed E-state index contributed by atoms with van der Waals surface area (Å²) in [6, 6.07) is 24.8. The van der Waals surface area contributed by atoms with Gasteiger partial charge in [-0.1, -0.05) is 55.2 Å². The molecule has 0 bridgehead atoms. The molecule has 3 aromatic carbocycles. The van der Waals surface area contributed by atoms with E-state index >= 15 is 0 Å². The Morgan fingerprint density at radius 2 is 1.65 bits per heavy atom. The molecule has 2 N–H and O–H groups in total. The normalized spacial score (nSPS) is 17.8. The van der Waals surface area contributed by atoms with E-state index in [-0.39, 0.29) is 16.5 Å². The van der Waals surface area contributed by atoms with E-state index in [2.05, 4.69) is 11.8 Å². The largest absolute Gasteiger partial charge is 0.366 e. The van der Waals surface area contributed by atoms with Gasteiger partial charge >= 0.3 is 0 Å². The summed E-state index contributed by atoms with van der Waals surface area (Å²) in [5.41, 5.74) is 9.41. The number of hydrogen-bond donors (Lipinski definition) is 1. The monoisotopic (exact) mass is 426 g/mol. The van der Waals surface area contributed by atoms with Crippen LogP contribution in [0.4, 0.5) is 5.69 Å². The van der Waals surface area contributed by atoms with Crippen molar-refractivity contribution in [3.63, 3.8) is 0 Å². The quantitative estimate of drug-likeness (QED) is 0.613. The fourth-order valence-corrected chi connectivity index (χ4v) is 4.91. The number of carbonyl (C=O) groups excluding carboxylic acids is 2. The Kier molecular flexibility index (Phi) is 6.11. The van der Waals surface area contributed by atoms with Gasteiger partial charge in [-0.3, -0.25) is 14.5 Å². The Morgan fingerprint density at radius 1 is 0.968 bits per heavy atom. The maximum absolute atomic E-state index is 13.1. The van der Waals surface area contributed by atoms with Crippen molar-refractivity contribution in [2.24, 2.45) is 5.73 Å². The Balaban J connectivity index is 1.63. The van der Waals surface area contributed by atoms with Crippen molar-refractivity contribution in [3.05, 3.63) is 101 Å². The van der Waals surface area contributed by atoms with Crippen LogP contribution < -0.4 is 10.6 Å². The highest BCUT2D eigenvalue weighted by atomic mass is 32.2. The lowest BCUT2D eigenvalue weighted by atomic mass is 10.1. The molecule has 2 unspecified atom stereocenters. The van der Waals surface area contributed by atoms with Crippen LogP contribution >= 0.6 is 11.8 Å². The standard InChI is InChI=1S/C26H22N2O2S/c1-2-23-25(30)28(22-10-6-9-21(17-22)24(27)29)26(31-23)20-15-13-19(14-16-20)12-11-18-7-4-3-5-8-18/h3-10,13-17,23,26H,2H2,1H3,(H2,27,29). The molecule has 1 fully saturated rings. The highest BCUT2D eigenvalue weighted by Crippen LogP contribution is 2.46. The lowest BCUT2D eigenvalue weighted by Crippen LogP contribution is -2.31. The van der Waals surface area contributed by atoms with Crippen molar-refractivity contribution >= 4 is 29.3 Å². The van der Waals surface area contributed by atoms with Crippen molar-refractivity contribution in [2.45, 2.75) is 24.0 Å². The molecule has 1 aliphatic heterocycles. The van der Waals surface area contributed by atoms with E-state index in [1.807, 2.05) is 67.6 Å². The van der Waals surface area contributed by atoms with Gasteiger partial charge in [0.2, 0.25) is 11.8 Å². The van der Waals surface area contributed by atoms with Gasteiger partial charge in [-0.2, -0.15) is 0 Å². The molecule has 31 heavy (non-hydrogen) atoms. The Hall–Kier alpha value is -3.49. The highest BCUT2D eigenvalue weighted by molar-refractivity contribution is 8.01. The minimum absolute atomic E-state index is 0.0482. The first-order chi connectivity index (χ1) is 15.1. The number of hydrogen-bond acceptors (Lipinski definition) is 3. The molecule has 0 saturated carbocycles. The van der Waals surface area contributed by atoms with E-state index in [9.17, 15) is 9.59 Å². The first-order valence-corrected chi connectivity index (χ1v) is 11.1. The van der Waals surface area contributed by atoms with Crippen molar-refractivity contribution in [3.8, 4) is 11.8 Å². The molecule has 4 nitrogen and oxygen atoms in total. The molecule has 5 heteroatoms. The van der Waals surface area contributed by atoms with Crippen molar-refractivity contribution in [2.75, 3.05) is 4.90 Å². The van der Waals surface area contributed by atoms with Crippen LogP contribution in [0.1, 0.15) is 45.8 Å². The zero-order valence-corrected chi connectivity index (χ0v) is 17.9. The Labute approximate surface area is 186 Å². The number of carbonyl (C=O) groups is 2. The van der Waals surface area contributed by atoms with E-state index < -0.39 is 5.91 Å². The molecule has 3 aromatic rings. The van der Waals surface area contributed by atoms with Gasteiger partial charge in [0.05, 0.1) is 5.25 Å². The Bertz CT molecular complexity index is 1160. The summed E-state index contributed by atoms with van der Waals surface area (Å²) in [6.45, 7) is 2.01. The van der Waals surface area contributed by atoms with Crippen LogP contribution in [0.25, 0.3) is 0 Å². The van der Waals surface area contributed by atoms with Crippen LogP contribution in [-0.4, -0.2) is 17.1 Å². The molecule has 1 saturated heterocycles. The molecule has 2 amide bonds. The van der Waals surface area contributed by atoms with Gasteiger partial charge in [0.1, 0.15) is 5.37 Å². The minimum Gasteiger partial charge on any atom is -0.366 e. The summed E-state index contributed by atoms with van der Waals surface area (Å²) < 4.78 is 0. The third kappa shape index (κ3) is 4.50. The van der Waals surface area contributed by atoms with Gasteiger partial charge in [0.15, 0.2) is 0 Å². The minimum atomic E-state index is -0.508. The fraction of sp³-hybridized carbons (Fsp3) is 0.154. The predicted molar refractivity (Wildman–Crippen MR) is 126 cm³/mol. The van der Waals surface area contributed by atoms with Crippen LogP contribution in [0.3, 0.4) is 0 Å². The molecule has 0 spiro atoms. The third-order valence-corrected chi connectivity index (χ3v) is 6.75. The van der Waals surface area contributed by atoms with Gasteiger partial charge in [-0.15, -0.1) is 11.8 Å². The van der Waals surface area contributed by atoms with Crippen molar-refractivity contribution in [1.82, 2.24) is 0 Å². The molecule has 0 radical (unpaired) electrons. The van der Waals surface area contributed by atoms with Gasteiger partial charge in [0, 0.05) is 22.4 Å². The van der Waals surface area contributed by atoms with E-state index in [1.165, 1.54) is 0 Å². The third-order valence-electron chi connectivity index (χ3n) is 5.14. The highest BCUT2D eigenvalue weighted by Gasteiger charge is 2.41. The summed E-state index contributed by atoms with van der Waals surface area (Å²) in [5, 5.41) is -0.295. The molecule has 154 valence electrons. The van der Waals surface area contributed by atoms with Crippen molar-refractivity contribution < 1.29 is 9.59 Å². The summed E-state index contributed by atoms with van der Waals surface area (Å²) >= 11 is 1.63. The number of amides is 2. The molecule has 4 rings (SSSR count). The lowest BCUT2D eigenvalue weighted by Gasteiger charge is -2.24. The second kappa shape index (κ2) is 9.11. The van der Waals surface area contributed by atoms with Gasteiger partial charge in [-0.05, 0) is 54.4 Å². The summed E-state index contributed by atoms with van der Waals surface area (Å²) in [5.74, 6) is 5.88.